The molecule has 0 amide bonds. The van der Waals surface area contributed by atoms with Crippen molar-refractivity contribution in [3.8, 4) is 5.88 Å². The van der Waals surface area contributed by atoms with Crippen molar-refractivity contribution in [1.29, 1.82) is 0 Å². The van der Waals surface area contributed by atoms with E-state index in [1.54, 1.807) is 0 Å². The maximum absolute atomic E-state index is 13.5. The molecule has 2 heterocycles. The Morgan fingerprint density at radius 2 is 2.11 bits per heavy atom. The number of nitrogens with zero attached hydrogens (tertiary/aromatic N) is 1. The first-order valence-electron chi connectivity index (χ1n) is 6.51. The van der Waals surface area contributed by atoms with Gasteiger partial charge in [0.2, 0.25) is 0 Å². The van der Waals surface area contributed by atoms with Gasteiger partial charge in [-0.2, -0.15) is 4.98 Å². The molecule has 1 aromatic heterocycles. The first-order chi connectivity index (χ1) is 9.20. The van der Waals surface area contributed by atoms with Crippen LogP contribution in [0.1, 0.15) is 19.8 Å². The second-order valence-corrected chi connectivity index (χ2v) is 4.50. The van der Waals surface area contributed by atoms with Crippen molar-refractivity contribution in [2.24, 2.45) is 5.92 Å². The maximum Gasteiger partial charge on any atom is 0.252 e. The fourth-order valence-electron chi connectivity index (χ4n) is 1.95. The average molecular weight is 272 g/mol. The summed E-state index contributed by atoms with van der Waals surface area (Å²) in [5, 5.41) is 2.73. The predicted octanol–water partition coefficient (Wildman–Crippen LogP) is 2.60. The molecule has 0 atom stereocenters. The zero-order valence-corrected chi connectivity index (χ0v) is 10.9. The van der Waals surface area contributed by atoms with Gasteiger partial charge in [0, 0.05) is 25.8 Å². The van der Waals surface area contributed by atoms with Crippen LogP contribution in [0.2, 0.25) is 0 Å². The lowest BCUT2D eigenvalue weighted by Gasteiger charge is -2.22. The van der Waals surface area contributed by atoms with E-state index in [2.05, 4.69) is 10.3 Å². The van der Waals surface area contributed by atoms with Crippen molar-refractivity contribution in [1.82, 2.24) is 4.98 Å². The van der Waals surface area contributed by atoms with Gasteiger partial charge in [0.25, 0.3) is 5.88 Å². The van der Waals surface area contributed by atoms with E-state index in [0.717, 1.165) is 18.9 Å². The Kier molecular flexibility index (Phi) is 4.90. The highest BCUT2D eigenvalue weighted by Crippen LogP contribution is 2.22. The van der Waals surface area contributed by atoms with Crippen LogP contribution in [0.5, 0.6) is 5.88 Å². The van der Waals surface area contributed by atoms with Gasteiger partial charge in [-0.1, -0.05) is 0 Å². The second-order valence-electron chi connectivity index (χ2n) is 4.50. The molecule has 0 saturated carbocycles. The number of rotatable bonds is 5. The largest absolute Gasteiger partial charge is 0.475 e. The topological polar surface area (TPSA) is 43.4 Å². The molecule has 0 bridgehead atoms. The van der Waals surface area contributed by atoms with Crippen molar-refractivity contribution < 1.29 is 18.3 Å². The summed E-state index contributed by atoms with van der Waals surface area (Å²) in [4.78, 5) is 3.83. The number of hydrogen-bond donors (Lipinski definition) is 1. The Bertz CT molecular complexity index is 423. The van der Waals surface area contributed by atoms with Gasteiger partial charge in [-0.05, 0) is 25.7 Å². The molecule has 4 nitrogen and oxygen atoms in total. The minimum atomic E-state index is -0.772. The van der Waals surface area contributed by atoms with Crippen molar-refractivity contribution >= 4 is 5.82 Å². The number of halogens is 2. The minimum absolute atomic E-state index is 0.0193. The molecule has 0 radical (unpaired) electrons. The summed E-state index contributed by atoms with van der Waals surface area (Å²) < 4.78 is 37.5. The number of pyridine rings is 1. The van der Waals surface area contributed by atoms with Crippen LogP contribution in [0.15, 0.2) is 6.07 Å². The Morgan fingerprint density at radius 1 is 1.37 bits per heavy atom. The van der Waals surface area contributed by atoms with Gasteiger partial charge >= 0.3 is 0 Å². The number of aromatic nitrogens is 1. The van der Waals surface area contributed by atoms with Crippen molar-refractivity contribution in [3.05, 3.63) is 17.7 Å². The Labute approximate surface area is 111 Å². The van der Waals surface area contributed by atoms with E-state index in [1.807, 2.05) is 6.92 Å². The van der Waals surface area contributed by atoms with Crippen molar-refractivity contribution in [2.75, 3.05) is 31.7 Å². The molecule has 1 saturated heterocycles. The molecule has 1 aromatic rings. The van der Waals surface area contributed by atoms with Gasteiger partial charge in [0.1, 0.15) is 0 Å². The number of nitrogens with one attached hydrogen (secondary N) is 1. The van der Waals surface area contributed by atoms with Gasteiger partial charge in [-0.3, -0.25) is 0 Å². The lowest BCUT2D eigenvalue weighted by atomic mass is 10.0. The van der Waals surface area contributed by atoms with E-state index in [0.29, 0.717) is 32.3 Å². The zero-order chi connectivity index (χ0) is 13.7. The fraction of sp³-hybridized carbons (Fsp3) is 0.615. The van der Waals surface area contributed by atoms with Crippen LogP contribution >= 0.6 is 0 Å². The van der Waals surface area contributed by atoms with Crippen LogP contribution in [-0.2, 0) is 4.74 Å². The first-order valence-corrected chi connectivity index (χ1v) is 6.51. The van der Waals surface area contributed by atoms with Crippen LogP contribution in [0, 0.1) is 17.6 Å². The van der Waals surface area contributed by atoms with E-state index in [-0.39, 0.29) is 11.7 Å². The van der Waals surface area contributed by atoms with Gasteiger partial charge < -0.3 is 14.8 Å². The van der Waals surface area contributed by atoms with E-state index in [4.69, 9.17) is 9.47 Å². The van der Waals surface area contributed by atoms with Gasteiger partial charge in [0.15, 0.2) is 17.5 Å². The fourth-order valence-corrected chi connectivity index (χ4v) is 1.95. The Hall–Kier alpha value is -1.43. The predicted molar refractivity (Wildman–Crippen MR) is 67.4 cm³/mol. The van der Waals surface area contributed by atoms with E-state index in [9.17, 15) is 8.78 Å². The van der Waals surface area contributed by atoms with E-state index in [1.165, 1.54) is 0 Å². The third-order valence-electron chi connectivity index (χ3n) is 3.04. The highest BCUT2D eigenvalue weighted by atomic mass is 19.1. The summed E-state index contributed by atoms with van der Waals surface area (Å²) in [6.07, 6.45) is 1.78. The second kappa shape index (κ2) is 6.65. The van der Waals surface area contributed by atoms with Gasteiger partial charge in [-0.25, -0.2) is 8.78 Å². The summed E-state index contributed by atoms with van der Waals surface area (Å²) in [5.74, 6) is -1.28. The van der Waals surface area contributed by atoms with Crippen LogP contribution in [0.25, 0.3) is 0 Å². The third-order valence-corrected chi connectivity index (χ3v) is 3.04. The molecule has 1 fully saturated rings. The monoisotopic (exact) mass is 272 g/mol. The SMILES string of the molecule is CCNc1nc(OCC2CCOCC2)c(F)cc1F. The standard InChI is InChI=1S/C13H18F2N2O2/c1-2-16-12-10(14)7-11(15)13(17-12)19-8-9-3-5-18-6-4-9/h7,9H,2-6,8H2,1H3,(H,16,17). The molecule has 1 aliphatic heterocycles. The lowest BCUT2D eigenvalue weighted by molar-refractivity contribution is 0.0483. The highest BCUT2D eigenvalue weighted by Gasteiger charge is 2.17. The highest BCUT2D eigenvalue weighted by molar-refractivity contribution is 5.39. The maximum atomic E-state index is 13.5. The van der Waals surface area contributed by atoms with Crippen LogP contribution in [0.3, 0.4) is 0 Å². The third kappa shape index (κ3) is 3.76. The summed E-state index contributed by atoms with van der Waals surface area (Å²) >= 11 is 0. The molecule has 106 valence electrons. The molecule has 0 unspecified atom stereocenters. The Balaban J connectivity index is 2.00. The summed E-state index contributed by atoms with van der Waals surface area (Å²) in [6.45, 7) is 4.11. The summed E-state index contributed by atoms with van der Waals surface area (Å²) in [6, 6.07) is 0.796. The molecule has 6 heteroatoms. The average Bonchev–Trinajstić information content (AvgIpc) is 2.42. The molecule has 1 N–H and O–H groups in total. The molecule has 0 aromatic carbocycles. The quantitative estimate of drug-likeness (QED) is 0.894. The van der Waals surface area contributed by atoms with Gasteiger partial charge in [-0.15, -0.1) is 0 Å². The summed E-state index contributed by atoms with van der Waals surface area (Å²) in [5.41, 5.74) is 0. The molecule has 2 rings (SSSR count). The van der Waals surface area contributed by atoms with Gasteiger partial charge in [0.05, 0.1) is 6.61 Å². The molecular weight excluding hydrogens is 254 g/mol. The van der Waals surface area contributed by atoms with Crippen molar-refractivity contribution in [2.45, 2.75) is 19.8 Å². The van der Waals surface area contributed by atoms with E-state index >= 15 is 0 Å². The molecule has 0 aliphatic carbocycles. The number of anilines is 1. The van der Waals surface area contributed by atoms with Crippen molar-refractivity contribution in [3.63, 3.8) is 0 Å². The summed E-state index contributed by atoms with van der Waals surface area (Å²) in [7, 11) is 0. The Morgan fingerprint density at radius 3 is 2.79 bits per heavy atom. The molecular formula is C13H18F2N2O2. The van der Waals surface area contributed by atoms with Crippen LogP contribution in [0.4, 0.5) is 14.6 Å². The van der Waals surface area contributed by atoms with Crippen LogP contribution < -0.4 is 10.1 Å². The number of hydrogen-bond acceptors (Lipinski definition) is 4. The lowest BCUT2D eigenvalue weighted by Crippen LogP contribution is -2.22. The number of ether oxygens (including phenoxy) is 2. The minimum Gasteiger partial charge on any atom is -0.475 e. The zero-order valence-electron chi connectivity index (χ0n) is 10.9. The molecule has 1 aliphatic rings. The van der Waals surface area contributed by atoms with E-state index < -0.39 is 11.6 Å². The first kappa shape index (κ1) is 14.0. The normalized spacial score (nSPS) is 16.4. The van der Waals surface area contributed by atoms with Crippen LogP contribution in [-0.4, -0.2) is 31.3 Å². The molecule has 0 spiro atoms. The smallest absolute Gasteiger partial charge is 0.252 e. The molecule has 19 heavy (non-hydrogen) atoms.